The third-order valence-electron chi connectivity index (χ3n) is 2.60. The topological polar surface area (TPSA) is 38.3 Å². The van der Waals surface area contributed by atoms with Gasteiger partial charge in [0.2, 0.25) is 0 Å². The van der Waals surface area contributed by atoms with Crippen molar-refractivity contribution < 1.29 is 9.53 Å². The predicted octanol–water partition coefficient (Wildman–Crippen LogP) is 5.13. The molecule has 0 aliphatic carbocycles. The molecule has 0 aliphatic heterocycles. The summed E-state index contributed by atoms with van der Waals surface area (Å²) >= 11 is 12.6. The smallest absolute Gasteiger partial charge is 0.255 e. The Labute approximate surface area is 138 Å². The number of nitrogens with one attached hydrogen (secondary N) is 1. The molecule has 1 N–H and O–H groups in total. The van der Waals surface area contributed by atoms with E-state index >= 15 is 0 Å². The molecule has 0 atom stereocenters. The van der Waals surface area contributed by atoms with Crippen molar-refractivity contribution >= 4 is 55.1 Å². The first-order chi connectivity index (χ1) is 9.51. The molecule has 0 fully saturated rings. The Kier molecular flexibility index (Phi) is 5.07. The molecule has 104 valence electrons. The summed E-state index contributed by atoms with van der Waals surface area (Å²) in [5.41, 5.74) is 1.15. The summed E-state index contributed by atoms with van der Waals surface area (Å²) in [4.78, 5) is 12.2. The Morgan fingerprint density at radius 1 is 1.15 bits per heavy atom. The fourth-order valence-corrected chi connectivity index (χ4v) is 2.40. The van der Waals surface area contributed by atoms with Crippen LogP contribution in [0.4, 0.5) is 5.69 Å². The van der Waals surface area contributed by atoms with E-state index in [9.17, 15) is 4.79 Å². The van der Waals surface area contributed by atoms with Crippen molar-refractivity contribution in [1.29, 1.82) is 0 Å². The lowest BCUT2D eigenvalue weighted by Crippen LogP contribution is -2.12. The summed E-state index contributed by atoms with van der Waals surface area (Å²) in [6.45, 7) is 0. The van der Waals surface area contributed by atoms with Gasteiger partial charge in [0.1, 0.15) is 5.75 Å². The van der Waals surface area contributed by atoms with Crippen molar-refractivity contribution in [2.75, 3.05) is 12.4 Å². The number of carbonyl (C=O) groups is 1. The zero-order valence-electron chi connectivity index (χ0n) is 10.4. The number of hydrogen-bond donors (Lipinski definition) is 1. The Balaban J connectivity index is 2.25. The van der Waals surface area contributed by atoms with E-state index in [4.69, 9.17) is 16.3 Å². The van der Waals surface area contributed by atoms with Crippen molar-refractivity contribution in [2.45, 2.75) is 0 Å². The number of rotatable bonds is 3. The fourth-order valence-electron chi connectivity index (χ4n) is 1.56. The quantitative estimate of drug-likeness (QED) is 0.749. The monoisotopic (exact) mass is 417 g/mol. The fraction of sp³-hybridized carbons (Fsp3) is 0.0714. The van der Waals surface area contributed by atoms with Crippen molar-refractivity contribution in [2.24, 2.45) is 0 Å². The molecule has 0 aromatic heterocycles. The van der Waals surface area contributed by atoms with Crippen LogP contribution in [0.15, 0.2) is 45.3 Å². The molecule has 1 amide bonds. The highest BCUT2D eigenvalue weighted by Gasteiger charge is 2.10. The Bertz CT molecular complexity index is 662. The molecule has 2 aromatic rings. The van der Waals surface area contributed by atoms with Crippen molar-refractivity contribution in [3.05, 3.63) is 55.9 Å². The van der Waals surface area contributed by atoms with Crippen LogP contribution in [-0.4, -0.2) is 13.0 Å². The minimum atomic E-state index is -0.226. The third kappa shape index (κ3) is 3.53. The van der Waals surface area contributed by atoms with Crippen molar-refractivity contribution in [1.82, 2.24) is 0 Å². The second kappa shape index (κ2) is 6.61. The molecule has 0 radical (unpaired) electrons. The van der Waals surface area contributed by atoms with Crippen molar-refractivity contribution in [3.8, 4) is 5.75 Å². The molecule has 6 heteroatoms. The number of hydrogen-bond acceptors (Lipinski definition) is 2. The van der Waals surface area contributed by atoms with Gasteiger partial charge in [0.25, 0.3) is 5.91 Å². The lowest BCUT2D eigenvalue weighted by atomic mass is 10.2. The number of methoxy groups -OCH3 is 1. The maximum atomic E-state index is 12.2. The summed E-state index contributed by atoms with van der Waals surface area (Å²) in [5.74, 6) is 0.442. The van der Waals surface area contributed by atoms with Gasteiger partial charge >= 0.3 is 0 Å². The largest absolute Gasteiger partial charge is 0.497 e. The van der Waals surface area contributed by atoms with Crippen LogP contribution >= 0.6 is 43.5 Å². The maximum Gasteiger partial charge on any atom is 0.255 e. The van der Waals surface area contributed by atoms with Gasteiger partial charge in [0.15, 0.2) is 0 Å². The number of anilines is 1. The van der Waals surface area contributed by atoms with Gasteiger partial charge in [-0.15, -0.1) is 0 Å². The highest BCUT2D eigenvalue weighted by Crippen LogP contribution is 2.28. The predicted molar refractivity (Wildman–Crippen MR) is 87.8 cm³/mol. The first kappa shape index (κ1) is 15.4. The summed E-state index contributed by atoms with van der Waals surface area (Å²) in [7, 11) is 1.57. The van der Waals surface area contributed by atoms with E-state index in [1.165, 1.54) is 0 Å². The standard InChI is InChI=1S/C14H10Br2ClNO2/c1-20-9-3-4-10(15)13(7-9)18-14(19)8-2-5-12(17)11(16)6-8/h2-7H,1H3,(H,18,19). The van der Waals surface area contributed by atoms with Crippen LogP contribution in [0.2, 0.25) is 5.02 Å². The van der Waals surface area contributed by atoms with Crippen LogP contribution in [-0.2, 0) is 0 Å². The van der Waals surface area contributed by atoms with Crippen LogP contribution in [0, 0.1) is 0 Å². The van der Waals surface area contributed by atoms with E-state index in [1.54, 1.807) is 37.4 Å². The SMILES string of the molecule is COc1ccc(Br)c(NC(=O)c2ccc(Cl)c(Br)c2)c1. The summed E-state index contributed by atoms with van der Waals surface area (Å²) in [5, 5.41) is 3.38. The number of amides is 1. The zero-order valence-corrected chi connectivity index (χ0v) is 14.3. The van der Waals surface area contributed by atoms with E-state index in [2.05, 4.69) is 37.2 Å². The van der Waals surface area contributed by atoms with Crippen LogP contribution in [0.25, 0.3) is 0 Å². The Morgan fingerprint density at radius 3 is 2.55 bits per heavy atom. The van der Waals surface area contributed by atoms with Gasteiger partial charge in [-0.25, -0.2) is 0 Å². The van der Waals surface area contributed by atoms with Gasteiger partial charge in [-0.1, -0.05) is 11.6 Å². The van der Waals surface area contributed by atoms with Crippen LogP contribution in [0.5, 0.6) is 5.75 Å². The van der Waals surface area contributed by atoms with Gasteiger partial charge in [0, 0.05) is 20.6 Å². The molecule has 0 spiro atoms. The van der Waals surface area contributed by atoms with E-state index < -0.39 is 0 Å². The van der Waals surface area contributed by atoms with Crippen LogP contribution in [0.3, 0.4) is 0 Å². The number of ether oxygens (including phenoxy) is 1. The lowest BCUT2D eigenvalue weighted by Gasteiger charge is -2.10. The average molecular weight is 420 g/mol. The molecule has 2 rings (SSSR count). The second-order valence-corrected chi connectivity index (χ2v) is 6.04. The first-order valence-corrected chi connectivity index (χ1v) is 7.57. The molecular weight excluding hydrogens is 409 g/mol. The molecule has 0 saturated heterocycles. The minimum Gasteiger partial charge on any atom is -0.497 e. The maximum absolute atomic E-state index is 12.2. The molecule has 0 heterocycles. The zero-order chi connectivity index (χ0) is 14.7. The number of carbonyl (C=O) groups excluding carboxylic acids is 1. The Morgan fingerprint density at radius 2 is 1.90 bits per heavy atom. The van der Waals surface area contributed by atoms with E-state index in [0.29, 0.717) is 26.5 Å². The molecule has 0 aliphatic rings. The van der Waals surface area contributed by atoms with E-state index in [0.717, 1.165) is 4.47 Å². The molecular formula is C14H10Br2ClNO2. The van der Waals surface area contributed by atoms with Crippen LogP contribution < -0.4 is 10.1 Å². The molecule has 3 nitrogen and oxygen atoms in total. The van der Waals surface area contributed by atoms with Gasteiger partial charge < -0.3 is 10.1 Å². The number of halogens is 3. The lowest BCUT2D eigenvalue weighted by molar-refractivity contribution is 0.102. The van der Waals surface area contributed by atoms with Gasteiger partial charge in [-0.2, -0.15) is 0 Å². The van der Waals surface area contributed by atoms with E-state index in [1.807, 2.05) is 6.07 Å². The van der Waals surface area contributed by atoms with Crippen molar-refractivity contribution in [3.63, 3.8) is 0 Å². The summed E-state index contributed by atoms with van der Waals surface area (Å²) < 4.78 is 6.59. The normalized spacial score (nSPS) is 10.2. The first-order valence-electron chi connectivity index (χ1n) is 5.61. The van der Waals surface area contributed by atoms with E-state index in [-0.39, 0.29) is 5.91 Å². The Hall–Kier alpha value is -1.04. The average Bonchev–Trinajstić information content (AvgIpc) is 2.44. The summed E-state index contributed by atoms with van der Waals surface area (Å²) in [6, 6.07) is 10.4. The number of benzene rings is 2. The highest BCUT2D eigenvalue weighted by atomic mass is 79.9. The minimum absolute atomic E-state index is 0.226. The molecule has 0 saturated carbocycles. The second-order valence-electron chi connectivity index (χ2n) is 3.93. The molecule has 2 aromatic carbocycles. The van der Waals surface area contributed by atoms with Gasteiger partial charge in [-0.05, 0) is 62.2 Å². The van der Waals surface area contributed by atoms with Gasteiger partial charge in [-0.3, -0.25) is 4.79 Å². The highest BCUT2D eigenvalue weighted by molar-refractivity contribution is 9.11. The summed E-state index contributed by atoms with van der Waals surface area (Å²) in [6.07, 6.45) is 0. The molecule has 20 heavy (non-hydrogen) atoms. The van der Waals surface area contributed by atoms with Gasteiger partial charge in [0.05, 0.1) is 17.8 Å². The molecule has 0 unspecified atom stereocenters. The third-order valence-corrected chi connectivity index (χ3v) is 4.51. The molecule has 0 bridgehead atoms. The van der Waals surface area contributed by atoms with Crippen LogP contribution in [0.1, 0.15) is 10.4 Å².